The van der Waals surface area contributed by atoms with E-state index in [1.54, 1.807) is 25.7 Å². The molecule has 0 bridgehead atoms. The summed E-state index contributed by atoms with van der Waals surface area (Å²) in [6.07, 6.45) is 4.17. The molecule has 7 heteroatoms. The number of nitrogens with zero attached hydrogens (tertiary/aromatic N) is 1. The quantitative estimate of drug-likeness (QED) is 0.378. The summed E-state index contributed by atoms with van der Waals surface area (Å²) in [5.74, 6) is -0.257. The van der Waals surface area contributed by atoms with Gasteiger partial charge in [-0.05, 0) is 51.4 Å². The average molecular weight is 409 g/mol. The van der Waals surface area contributed by atoms with Gasteiger partial charge in [0.1, 0.15) is 17.7 Å². The van der Waals surface area contributed by atoms with Crippen LogP contribution < -0.4 is 5.32 Å². The minimum absolute atomic E-state index is 0.0215. The van der Waals surface area contributed by atoms with Gasteiger partial charge in [-0.3, -0.25) is 4.79 Å². The number of likely N-dealkylation sites (tertiary alicyclic amines) is 1. The number of carbonyl (C=O) groups is 3. The number of carbonyl (C=O) groups excluding carboxylic acids is 3. The van der Waals surface area contributed by atoms with Gasteiger partial charge in [0, 0.05) is 12.5 Å². The van der Waals surface area contributed by atoms with Gasteiger partial charge in [0.25, 0.3) is 0 Å². The van der Waals surface area contributed by atoms with Crippen molar-refractivity contribution >= 4 is 18.0 Å². The van der Waals surface area contributed by atoms with E-state index in [0.717, 1.165) is 19.3 Å². The molecule has 2 aliphatic rings. The normalized spacial score (nSPS) is 25.6. The number of esters is 1. The molecule has 0 spiro atoms. The van der Waals surface area contributed by atoms with Gasteiger partial charge in [-0.1, -0.05) is 26.3 Å². The lowest BCUT2D eigenvalue weighted by Crippen LogP contribution is -2.54. The molecule has 1 aliphatic heterocycles. The summed E-state index contributed by atoms with van der Waals surface area (Å²) in [6.45, 7) is 13.8. The van der Waals surface area contributed by atoms with Crippen molar-refractivity contribution < 1.29 is 23.9 Å². The first-order valence-corrected chi connectivity index (χ1v) is 10.4. The smallest absolute Gasteiger partial charge is 0.408 e. The number of unbranched alkanes of at least 4 members (excludes halogenated alkanes) is 2. The van der Waals surface area contributed by atoms with Gasteiger partial charge in [0.2, 0.25) is 5.91 Å². The molecule has 1 N–H and O–H groups in total. The third-order valence-corrected chi connectivity index (χ3v) is 6.07. The number of piperidine rings is 1. The standard InChI is InChI=1S/C22H36N2O5/c1-8-9-10-11-12-15(23-20(27)29-21(2,3)4)18(25)24-13-14-16(22(14,5)6)17(24)19(26)28-7/h8,14-17H,1,9-13H2,2-7H3,(H,23,27)/t14?,15-,16-,17-/m0/s1. The molecule has 1 saturated carbocycles. The Labute approximate surface area is 174 Å². The van der Waals surface area contributed by atoms with Crippen molar-refractivity contribution in [3.63, 3.8) is 0 Å². The molecule has 0 aromatic heterocycles. The monoisotopic (exact) mass is 408 g/mol. The number of allylic oxidation sites excluding steroid dienone is 1. The molecule has 2 fully saturated rings. The highest BCUT2D eigenvalue weighted by Gasteiger charge is 2.70. The van der Waals surface area contributed by atoms with E-state index >= 15 is 0 Å². The molecule has 4 atom stereocenters. The summed E-state index contributed by atoms with van der Waals surface area (Å²) in [4.78, 5) is 39.7. The van der Waals surface area contributed by atoms with Gasteiger partial charge in [-0.15, -0.1) is 6.58 Å². The third-order valence-electron chi connectivity index (χ3n) is 6.07. The van der Waals surface area contributed by atoms with Crippen molar-refractivity contribution in [2.24, 2.45) is 17.3 Å². The van der Waals surface area contributed by atoms with E-state index in [2.05, 4.69) is 25.7 Å². The highest BCUT2D eigenvalue weighted by molar-refractivity contribution is 5.91. The Bertz CT molecular complexity index is 652. The number of rotatable bonds is 8. The van der Waals surface area contributed by atoms with E-state index in [9.17, 15) is 14.4 Å². The van der Waals surface area contributed by atoms with Gasteiger partial charge in [0.15, 0.2) is 0 Å². The van der Waals surface area contributed by atoms with Crippen molar-refractivity contribution in [1.82, 2.24) is 10.2 Å². The lowest BCUT2D eigenvalue weighted by molar-refractivity contribution is -0.153. The predicted molar refractivity (Wildman–Crippen MR) is 110 cm³/mol. The van der Waals surface area contributed by atoms with Gasteiger partial charge in [0.05, 0.1) is 7.11 Å². The van der Waals surface area contributed by atoms with E-state index in [-0.39, 0.29) is 29.1 Å². The maximum absolute atomic E-state index is 13.3. The van der Waals surface area contributed by atoms with Crippen molar-refractivity contribution in [1.29, 1.82) is 0 Å². The second-order valence-corrected chi connectivity index (χ2v) is 9.68. The van der Waals surface area contributed by atoms with Gasteiger partial charge < -0.3 is 19.7 Å². The first-order valence-electron chi connectivity index (χ1n) is 10.4. The Morgan fingerprint density at radius 3 is 2.48 bits per heavy atom. The average Bonchev–Trinajstić information content (AvgIpc) is 2.96. The van der Waals surface area contributed by atoms with Crippen molar-refractivity contribution in [3.8, 4) is 0 Å². The van der Waals surface area contributed by atoms with Crippen LogP contribution in [0.1, 0.15) is 60.3 Å². The molecule has 1 saturated heterocycles. The first kappa shape index (κ1) is 23.2. The summed E-state index contributed by atoms with van der Waals surface area (Å²) in [5.41, 5.74) is -0.637. The van der Waals surface area contributed by atoms with E-state index in [4.69, 9.17) is 9.47 Å². The SMILES string of the molecule is C=CCCCC[C@H](NC(=O)OC(C)(C)C)C(=O)N1CC2[C@@H]([C@H]1C(=O)OC)C2(C)C. The second kappa shape index (κ2) is 8.76. The molecule has 2 rings (SSSR count). The number of nitrogens with one attached hydrogen (secondary N) is 1. The molecule has 1 aliphatic carbocycles. The molecule has 164 valence electrons. The lowest BCUT2D eigenvalue weighted by Gasteiger charge is -2.32. The molecule has 0 aromatic carbocycles. The van der Waals surface area contributed by atoms with E-state index in [0.29, 0.717) is 13.0 Å². The highest BCUT2D eigenvalue weighted by Crippen LogP contribution is 2.65. The minimum Gasteiger partial charge on any atom is -0.467 e. The zero-order valence-corrected chi connectivity index (χ0v) is 18.6. The van der Waals surface area contributed by atoms with Gasteiger partial charge in [-0.2, -0.15) is 0 Å². The molecule has 0 radical (unpaired) electrons. The summed E-state index contributed by atoms with van der Waals surface area (Å²) >= 11 is 0. The Hall–Kier alpha value is -2.05. The summed E-state index contributed by atoms with van der Waals surface area (Å²) < 4.78 is 10.3. The number of hydrogen-bond acceptors (Lipinski definition) is 5. The largest absolute Gasteiger partial charge is 0.467 e. The second-order valence-electron chi connectivity index (χ2n) is 9.68. The number of alkyl carbamates (subject to hydrolysis) is 1. The number of methoxy groups -OCH3 is 1. The molecule has 1 heterocycles. The molecule has 1 unspecified atom stereocenters. The number of ether oxygens (including phenoxy) is 2. The maximum Gasteiger partial charge on any atom is 0.408 e. The van der Waals surface area contributed by atoms with Crippen LogP contribution in [-0.4, -0.2) is 54.2 Å². The van der Waals surface area contributed by atoms with Crippen LogP contribution >= 0.6 is 0 Å². The van der Waals surface area contributed by atoms with Crippen LogP contribution in [0.25, 0.3) is 0 Å². The topological polar surface area (TPSA) is 84.9 Å². The Balaban J connectivity index is 2.13. The van der Waals surface area contributed by atoms with Crippen LogP contribution in [0.15, 0.2) is 12.7 Å². The molecule has 2 amide bonds. The van der Waals surface area contributed by atoms with Crippen molar-refractivity contribution in [3.05, 3.63) is 12.7 Å². The first-order chi connectivity index (χ1) is 13.4. The maximum atomic E-state index is 13.3. The van der Waals surface area contributed by atoms with E-state index in [1.165, 1.54) is 7.11 Å². The fourth-order valence-electron chi connectivity index (χ4n) is 4.45. The molecule has 29 heavy (non-hydrogen) atoms. The Morgan fingerprint density at radius 2 is 1.93 bits per heavy atom. The van der Waals surface area contributed by atoms with Crippen LogP contribution in [0, 0.1) is 17.3 Å². The molecule has 0 aromatic rings. The Morgan fingerprint density at radius 1 is 1.28 bits per heavy atom. The zero-order valence-electron chi connectivity index (χ0n) is 18.6. The van der Waals surface area contributed by atoms with Crippen molar-refractivity contribution in [2.75, 3.05) is 13.7 Å². The predicted octanol–water partition coefficient (Wildman–Crippen LogP) is 3.28. The minimum atomic E-state index is -0.734. The van der Waals surface area contributed by atoms with E-state index in [1.807, 2.05) is 6.08 Å². The van der Waals surface area contributed by atoms with Crippen LogP contribution in [0.2, 0.25) is 0 Å². The van der Waals surface area contributed by atoms with Crippen LogP contribution in [0.5, 0.6) is 0 Å². The summed E-state index contributed by atoms with van der Waals surface area (Å²) in [6, 6.07) is -1.33. The van der Waals surface area contributed by atoms with Crippen LogP contribution in [0.3, 0.4) is 0 Å². The highest BCUT2D eigenvalue weighted by atomic mass is 16.6. The molecular weight excluding hydrogens is 372 g/mol. The lowest BCUT2D eigenvalue weighted by atomic mass is 9.99. The van der Waals surface area contributed by atoms with E-state index < -0.39 is 23.8 Å². The number of hydrogen-bond donors (Lipinski definition) is 1. The fourth-order valence-corrected chi connectivity index (χ4v) is 4.45. The van der Waals surface area contributed by atoms with Crippen LogP contribution in [-0.2, 0) is 19.1 Å². The zero-order chi connectivity index (χ0) is 22.0. The fraction of sp³-hybridized carbons (Fsp3) is 0.773. The summed E-state index contributed by atoms with van der Waals surface area (Å²) in [7, 11) is 1.35. The number of amides is 2. The van der Waals surface area contributed by atoms with Gasteiger partial charge >= 0.3 is 12.1 Å². The van der Waals surface area contributed by atoms with Crippen LogP contribution in [0.4, 0.5) is 4.79 Å². The third kappa shape index (κ3) is 5.31. The number of fused-ring (bicyclic) bond motifs is 1. The summed E-state index contributed by atoms with van der Waals surface area (Å²) in [5, 5.41) is 2.72. The van der Waals surface area contributed by atoms with Crippen molar-refractivity contribution in [2.45, 2.75) is 78.0 Å². The van der Waals surface area contributed by atoms with Gasteiger partial charge in [-0.25, -0.2) is 9.59 Å². The molecule has 7 nitrogen and oxygen atoms in total. The Kier molecular flexibility index (Phi) is 7.01. The molecular formula is C22H36N2O5.